The molecule has 0 rings (SSSR count). The zero-order valence-electron chi connectivity index (χ0n) is 6.09. The maximum absolute atomic E-state index is 9.57. The van der Waals surface area contributed by atoms with Gasteiger partial charge >= 0.3 is 0 Å². The van der Waals surface area contributed by atoms with Gasteiger partial charge < -0.3 is 26.6 Å². The molecule has 0 saturated carbocycles. The first-order chi connectivity index (χ1) is 3.27. The predicted octanol–water partition coefficient (Wildman–Crippen LogP) is 0.113. The van der Waals surface area contributed by atoms with E-state index in [0.29, 0.717) is 6.61 Å². The molecule has 0 saturated heterocycles. The van der Waals surface area contributed by atoms with E-state index >= 15 is 0 Å². The zero-order chi connectivity index (χ0) is 5.70. The summed E-state index contributed by atoms with van der Waals surface area (Å²) in [5.41, 5.74) is 0. The van der Waals surface area contributed by atoms with Crippen molar-refractivity contribution in [3.63, 3.8) is 0 Å². The lowest BCUT2D eigenvalue weighted by atomic mass is 10.5. The number of hydrogen-bond donors (Lipinski definition) is 2. The molecule has 0 radical (unpaired) electrons. The molecule has 5 nitrogen and oxygen atoms in total. The molecule has 8 N–H and O–H groups in total. The van der Waals surface area contributed by atoms with Gasteiger partial charge in [0.05, 0.1) is 0 Å². The molecule has 0 fully saturated rings. The van der Waals surface area contributed by atoms with Gasteiger partial charge in [0.25, 0.3) is 0 Å². The molecule has 0 aromatic carbocycles. The van der Waals surface area contributed by atoms with Crippen LogP contribution < -0.4 is 22.1 Å². The van der Waals surface area contributed by atoms with Gasteiger partial charge in [0.1, 0.15) is 0 Å². The zero-order valence-corrected chi connectivity index (χ0v) is 6.98. The lowest BCUT2D eigenvalue weighted by Crippen LogP contribution is -2.10. The lowest BCUT2D eigenvalue weighted by Gasteiger charge is -2.28. The van der Waals surface area contributed by atoms with Crippen molar-refractivity contribution in [3.05, 3.63) is 0 Å². The Hall–Kier alpha value is 0.230. The predicted molar refractivity (Wildman–Crippen MR) is 35.1 cm³/mol. The van der Waals surface area contributed by atoms with Crippen LogP contribution in [0.3, 0.4) is 0 Å². The minimum absolute atomic E-state index is 0. The first kappa shape index (κ1) is 16.1. The van der Waals surface area contributed by atoms with Crippen LogP contribution in [-0.4, -0.2) is 6.61 Å². The third kappa shape index (κ3) is 17.9. The lowest BCUT2D eigenvalue weighted by molar-refractivity contribution is -0.318. The minimum atomic E-state index is -2.61. The van der Waals surface area contributed by atoms with Gasteiger partial charge in [-0.1, -0.05) is 6.92 Å². The first-order valence-corrected chi connectivity index (χ1v) is 3.14. The number of hydrogen-bond acceptors (Lipinski definition) is 3. The Bertz CT molecular complexity index is 46.0. The van der Waals surface area contributed by atoms with Crippen molar-refractivity contribution < 1.29 is 14.3 Å². The van der Waals surface area contributed by atoms with Gasteiger partial charge in [0.2, 0.25) is 0 Å². The van der Waals surface area contributed by atoms with Crippen molar-refractivity contribution in [1.29, 1.82) is 0 Å². The Balaban J connectivity index is -0.000000180. The van der Waals surface area contributed by atoms with Crippen LogP contribution in [-0.2, 0) is 4.52 Å². The third-order valence-electron chi connectivity index (χ3n) is 0.401. The minimum Gasteiger partial charge on any atom is -0.820 e. The van der Waals surface area contributed by atoms with Crippen LogP contribution in [0.1, 0.15) is 13.3 Å². The van der Waals surface area contributed by atoms with E-state index in [-0.39, 0.29) is 12.3 Å². The highest BCUT2D eigenvalue weighted by Crippen LogP contribution is 2.11. The van der Waals surface area contributed by atoms with E-state index in [1.165, 1.54) is 0 Å². The second-order valence-corrected chi connectivity index (χ2v) is 1.76. The van der Waals surface area contributed by atoms with Crippen molar-refractivity contribution in [1.82, 2.24) is 12.3 Å². The van der Waals surface area contributed by atoms with Crippen LogP contribution >= 0.6 is 8.60 Å². The molecule has 0 aromatic rings. The molecule has 0 aromatic heterocycles. The van der Waals surface area contributed by atoms with Crippen LogP contribution in [0, 0.1) is 0 Å². The SMILES string of the molecule is CCCOP([O-])[O-].[NH4+].[NH4+]. The van der Waals surface area contributed by atoms with Crippen LogP contribution in [0.2, 0.25) is 0 Å². The molecular formula is C3H15N2O3P. The molecule has 0 spiro atoms. The maximum atomic E-state index is 9.57. The van der Waals surface area contributed by atoms with E-state index in [0.717, 1.165) is 6.42 Å². The smallest absolute Gasteiger partial charge is 0.0473 e. The summed E-state index contributed by atoms with van der Waals surface area (Å²) in [6.07, 6.45) is 0.739. The van der Waals surface area contributed by atoms with Gasteiger partial charge in [-0.15, -0.1) is 0 Å². The highest BCUT2D eigenvalue weighted by atomic mass is 31.2. The molecule has 0 amide bonds. The highest BCUT2D eigenvalue weighted by Gasteiger charge is 1.72. The average Bonchev–Trinajstić information content (AvgIpc) is 1.61. The largest absolute Gasteiger partial charge is 0.820 e. The first-order valence-electron chi connectivity index (χ1n) is 2.04. The summed E-state index contributed by atoms with van der Waals surface area (Å²) in [6.45, 7) is 2.15. The van der Waals surface area contributed by atoms with Crippen LogP contribution in [0.5, 0.6) is 0 Å². The Morgan fingerprint density at radius 3 is 1.89 bits per heavy atom. The molecule has 9 heavy (non-hydrogen) atoms. The average molecular weight is 158 g/mol. The second kappa shape index (κ2) is 11.1. The standard InChI is InChI=1S/C3H7O3P.2H3N/c1-2-3-6-7(4)5;;/h2-3H2,1H3;2*1H3/q-2;;/p+2. The van der Waals surface area contributed by atoms with E-state index in [2.05, 4.69) is 4.52 Å². The third-order valence-corrected chi connectivity index (χ3v) is 0.794. The molecular weight excluding hydrogens is 143 g/mol. The van der Waals surface area contributed by atoms with Gasteiger partial charge in [-0.05, 0) is 6.42 Å². The van der Waals surface area contributed by atoms with Gasteiger partial charge in [0.15, 0.2) is 0 Å². The van der Waals surface area contributed by atoms with Crippen LogP contribution in [0.15, 0.2) is 0 Å². The van der Waals surface area contributed by atoms with Gasteiger partial charge in [0, 0.05) is 6.61 Å². The summed E-state index contributed by atoms with van der Waals surface area (Å²) in [4.78, 5) is 19.1. The normalized spacial score (nSPS) is 8.00. The van der Waals surface area contributed by atoms with E-state index in [1.54, 1.807) is 0 Å². The summed E-state index contributed by atoms with van der Waals surface area (Å²) in [6, 6.07) is 0. The van der Waals surface area contributed by atoms with Gasteiger partial charge in [-0.3, -0.25) is 0 Å². The monoisotopic (exact) mass is 158 g/mol. The fourth-order valence-corrected chi connectivity index (χ4v) is 0.497. The Kier molecular flexibility index (Phi) is 19.8. The van der Waals surface area contributed by atoms with E-state index in [9.17, 15) is 9.79 Å². The molecule has 0 bridgehead atoms. The molecule has 0 unspecified atom stereocenters. The maximum Gasteiger partial charge on any atom is 0.0473 e. The fraction of sp³-hybridized carbons (Fsp3) is 1.00. The van der Waals surface area contributed by atoms with E-state index < -0.39 is 8.60 Å². The molecule has 0 aliphatic heterocycles. The molecule has 0 aliphatic rings. The molecule has 0 aliphatic carbocycles. The van der Waals surface area contributed by atoms with Gasteiger partial charge in [-0.2, -0.15) is 8.60 Å². The van der Waals surface area contributed by atoms with Crippen molar-refractivity contribution in [2.45, 2.75) is 13.3 Å². The number of quaternary nitrogens is 2. The topological polar surface area (TPSA) is 128 Å². The van der Waals surface area contributed by atoms with Crippen molar-refractivity contribution in [2.24, 2.45) is 0 Å². The summed E-state index contributed by atoms with van der Waals surface area (Å²) in [5, 5.41) is 0. The van der Waals surface area contributed by atoms with Crippen LogP contribution in [0.25, 0.3) is 0 Å². The van der Waals surface area contributed by atoms with Crippen LogP contribution in [0.4, 0.5) is 0 Å². The molecule has 0 atom stereocenters. The molecule has 60 valence electrons. The van der Waals surface area contributed by atoms with E-state index in [4.69, 9.17) is 0 Å². The Morgan fingerprint density at radius 2 is 1.78 bits per heavy atom. The van der Waals surface area contributed by atoms with E-state index in [1.807, 2.05) is 6.92 Å². The number of rotatable bonds is 3. The second-order valence-electron chi connectivity index (χ2n) is 1.06. The molecule has 6 heteroatoms. The summed E-state index contributed by atoms with van der Waals surface area (Å²) in [5.74, 6) is 0. The summed E-state index contributed by atoms with van der Waals surface area (Å²) in [7, 11) is -2.61. The van der Waals surface area contributed by atoms with Crippen molar-refractivity contribution in [2.75, 3.05) is 6.61 Å². The highest BCUT2D eigenvalue weighted by molar-refractivity contribution is 7.36. The van der Waals surface area contributed by atoms with Crippen molar-refractivity contribution in [3.8, 4) is 0 Å². The summed E-state index contributed by atoms with van der Waals surface area (Å²) >= 11 is 0. The Morgan fingerprint density at radius 1 is 1.33 bits per heavy atom. The molecule has 0 heterocycles. The van der Waals surface area contributed by atoms with Gasteiger partial charge in [-0.25, -0.2) is 0 Å². The Labute approximate surface area is 56.2 Å². The quantitative estimate of drug-likeness (QED) is 0.565. The van der Waals surface area contributed by atoms with Crippen molar-refractivity contribution >= 4 is 8.60 Å². The summed E-state index contributed by atoms with van der Waals surface area (Å²) < 4.78 is 4.14. The fourth-order valence-electron chi connectivity index (χ4n) is 0.166.